The van der Waals surface area contributed by atoms with Crippen molar-refractivity contribution in [2.45, 2.75) is 12.6 Å². The van der Waals surface area contributed by atoms with Crippen molar-refractivity contribution < 1.29 is 23.1 Å². The third-order valence-corrected chi connectivity index (χ3v) is 2.57. The Bertz CT molecular complexity index is 658. The maximum Gasteiger partial charge on any atom is 0.418 e. The summed E-state index contributed by atoms with van der Waals surface area (Å²) in [7, 11) is 0. The highest BCUT2D eigenvalue weighted by atomic mass is 35.5. The van der Waals surface area contributed by atoms with E-state index in [1.807, 2.05) is 0 Å². The molecule has 4 nitrogen and oxygen atoms in total. The van der Waals surface area contributed by atoms with Crippen molar-refractivity contribution in [3.63, 3.8) is 0 Å². The summed E-state index contributed by atoms with van der Waals surface area (Å²) in [6.45, 7) is 0. The van der Waals surface area contributed by atoms with Gasteiger partial charge in [0.1, 0.15) is 0 Å². The van der Waals surface area contributed by atoms with Gasteiger partial charge in [-0.3, -0.25) is 4.79 Å². The van der Waals surface area contributed by atoms with Gasteiger partial charge in [-0.15, -0.1) is 0 Å². The summed E-state index contributed by atoms with van der Waals surface area (Å²) in [6.07, 6.45) is -5.13. The monoisotopic (exact) mass is 290 g/mol. The number of nitrogens with zero attached hydrogens (tertiary/aromatic N) is 2. The average Bonchev–Trinajstić information content (AvgIpc) is 2.25. The molecule has 1 heterocycles. The molecule has 0 amide bonds. The Balaban J connectivity index is 2.77. The maximum absolute atomic E-state index is 12.8. The molecule has 1 aromatic carbocycles. The highest BCUT2D eigenvalue weighted by molar-refractivity contribution is 6.28. The van der Waals surface area contributed by atoms with Gasteiger partial charge >= 0.3 is 12.1 Å². The first-order valence-corrected chi connectivity index (χ1v) is 5.41. The van der Waals surface area contributed by atoms with E-state index in [1.54, 1.807) is 0 Å². The molecule has 1 N–H and O–H groups in total. The Morgan fingerprint density at radius 2 is 2.00 bits per heavy atom. The van der Waals surface area contributed by atoms with E-state index >= 15 is 0 Å². The van der Waals surface area contributed by atoms with Crippen LogP contribution in [0.25, 0.3) is 10.9 Å². The normalized spacial score (nSPS) is 11.8. The highest BCUT2D eigenvalue weighted by Gasteiger charge is 2.33. The second kappa shape index (κ2) is 4.65. The molecule has 0 aliphatic heterocycles. The van der Waals surface area contributed by atoms with Crippen LogP contribution in [0.1, 0.15) is 11.3 Å². The minimum absolute atomic E-state index is 0.0293. The standard InChI is InChI=1S/C11H6ClF3N2O2/c12-10-16-7(4-8(18)19)5-2-1-3-6(9(5)17-10)11(13,14)15/h1-3H,4H2,(H,18,19). The lowest BCUT2D eigenvalue weighted by Gasteiger charge is -2.11. The first-order chi connectivity index (χ1) is 8.79. The Morgan fingerprint density at radius 1 is 1.32 bits per heavy atom. The van der Waals surface area contributed by atoms with Gasteiger partial charge in [-0.2, -0.15) is 13.2 Å². The molecule has 0 bridgehead atoms. The number of carbonyl (C=O) groups is 1. The number of aromatic nitrogens is 2. The van der Waals surface area contributed by atoms with E-state index in [0.29, 0.717) is 0 Å². The molecule has 19 heavy (non-hydrogen) atoms. The van der Waals surface area contributed by atoms with Gasteiger partial charge in [0.15, 0.2) is 0 Å². The molecule has 0 saturated heterocycles. The largest absolute Gasteiger partial charge is 0.481 e. The van der Waals surface area contributed by atoms with E-state index in [0.717, 1.165) is 6.07 Å². The number of rotatable bonds is 2. The zero-order valence-corrected chi connectivity index (χ0v) is 9.96. The van der Waals surface area contributed by atoms with Gasteiger partial charge in [-0.1, -0.05) is 12.1 Å². The van der Waals surface area contributed by atoms with Crippen LogP contribution in [0.15, 0.2) is 18.2 Å². The van der Waals surface area contributed by atoms with Crippen LogP contribution in [0.4, 0.5) is 13.2 Å². The van der Waals surface area contributed by atoms with E-state index in [1.165, 1.54) is 12.1 Å². The van der Waals surface area contributed by atoms with E-state index in [-0.39, 0.29) is 11.1 Å². The van der Waals surface area contributed by atoms with Gasteiger partial charge in [0.05, 0.1) is 23.2 Å². The summed E-state index contributed by atoms with van der Waals surface area (Å²) in [5.41, 5.74) is -1.42. The smallest absolute Gasteiger partial charge is 0.418 e. The fraction of sp³-hybridized carbons (Fsp3) is 0.182. The lowest BCUT2D eigenvalue weighted by atomic mass is 10.1. The zero-order valence-electron chi connectivity index (χ0n) is 9.20. The molecule has 0 saturated carbocycles. The van der Waals surface area contributed by atoms with Gasteiger partial charge < -0.3 is 5.11 Å². The number of carboxylic acids is 1. The molecule has 0 spiro atoms. The predicted octanol–water partition coefficient (Wildman–Crippen LogP) is 2.93. The lowest BCUT2D eigenvalue weighted by molar-refractivity contribution is -0.137. The predicted molar refractivity (Wildman–Crippen MR) is 60.9 cm³/mol. The van der Waals surface area contributed by atoms with Crippen LogP contribution in [-0.4, -0.2) is 21.0 Å². The molecule has 100 valence electrons. The van der Waals surface area contributed by atoms with Crippen molar-refractivity contribution in [1.82, 2.24) is 9.97 Å². The van der Waals surface area contributed by atoms with Crippen LogP contribution < -0.4 is 0 Å². The molecule has 2 rings (SSSR count). The van der Waals surface area contributed by atoms with Gasteiger partial charge in [-0.05, 0) is 17.7 Å². The van der Waals surface area contributed by atoms with Crippen LogP contribution in [-0.2, 0) is 17.4 Å². The topological polar surface area (TPSA) is 63.1 Å². The van der Waals surface area contributed by atoms with Crippen molar-refractivity contribution in [1.29, 1.82) is 0 Å². The van der Waals surface area contributed by atoms with Crippen LogP contribution in [0.2, 0.25) is 5.28 Å². The first kappa shape index (κ1) is 13.5. The molecule has 0 aliphatic rings. The van der Waals surface area contributed by atoms with Crippen molar-refractivity contribution in [3.05, 3.63) is 34.7 Å². The molecule has 0 aliphatic carbocycles. The second-order valence-electron chi connectivity index (χ2n) is 3.71. The Labute approximate surface area is 109 Å². The second-order valence-corrected chi connectivity index (χ2v) is 4.05. The number of hydrogen-bond donors (Lipinski definition) is 1. The number of halogens is 4. The summed E-state index contributed by atoms with van der Waals surface area (Å²) in [5.74, 6) is -1.21. The molecular formula is C11H6ClF3N2O2. The minimum Gasteiger partial charge on any atom is -0.481 e. The third-order valence-electron chi connectivity index (χ3n) is 2.40. The number of para-hydroxylation sites is 1. The van der Waals surface area contributed by atoms with Gasteiger partial charge in [0.2, 0.25) is 5.28 Å². The summed E-state index contributed by atoms with van der Waals surface area (Å²) < 4.78 is 38.5. The summed E-state index contributed by atoms with van der Waals surface area (Å²) >= 11 is 5.55. The van der Waals surface area contributed by atoms with Crippen LogP contribution in [0.5, 0.6) is 0 Å². The molecule has 2 aromatic rings. The van der Waals surface area contributed by atoms with Crippen molar-refractivity contribution in [2.24, 2.45) is 0 Å². The van der Waals surface area contributed by atoms with Gasteiger partial charge in [0, 0.05) is 5.39 Å². The summed E-state index contributed by atoms with van der Waals surface area (Å²) in [6, 6.07) is 3.36. The van der Waals surface area contributed by atoms with Gasteiger partial charge in [-0.25, -0.2) is 9.97 Å². The fourth-order valence-corrected chi connectivity index (χ4v) is 1.88. The van der Waals surface area contributed by atoms with E-state index in [2.05, 4.69) is 9.97 Å². The van der Waals surface area contributed by atoms with Crippen molar-refractivity contribution in [2.75, 3.05) is 0 Å². The third kappa shape index (κ3) is 2.76. The number of benzene rings is 1. The number of fused-ring (bicyclic) bond motifs is 1. The molecule has 0 unspecified atom stereocenters. The molecule has 1 aromatic heterocycles. The van der Waals surface area contributed by atoms with Crippen LogP contribution >= 0.6 is 11.6 Å². The number of hydrogen-bond acceptors (Lipinski definition) is 3. The quantitative estimate of drug-likeness (QED) is 0.864. The number of aliphatic carboxylic acids is 1. The Kier molecular flexibility index (Phi) is 3.32. The Morgan fingerprint density at radius 3 is 2.58 bits per heavy atom. The molecule has 0 atom stereocenters. The molecule has 0 radical (unpaired) electrons. The fourth-order valence-electron chi connectivity index (χ4n) is 1.69. The van der Waals surface area contributed by atoms with Crippen molar-refractivity contribution in [3.8, 4) is 0 Å². The average molecular weight is 291 g/mol. The van der Waals surface area contributed by atoms with Crippen LogP contribution in [0.3, 0.4) is 0 Å². The van der Waals surface area contributed by atoms with E-state index < -0.39 is 34.9 Å². The zero-order chi connectivity index (χ0) is 14.2. The maximum atomic E-state index is 12.8. The van der Waals surface area contributed by atoms with Crippen molar-refractivity contribution >= 4 is 28.5 Å². The minimum atomic E-state index is -4.60. The number of carboxylic acid groups (broad SMARTS) is 1. The molecular weight excluding hydrogens is 285 g/mol. The summed E-state index contributed by atoms with van der Waals surface area (Å²) in [5, 5.41) is 8.33. The van der Waals surface area contributed by atoms with E-state index in [4.69, 9.17) is 16.7 Å². The lowest BCUT2D eigenvalue weighted by Crippen LogP contribution is -2.09. The SMILES string of the molecule is O=C(O)Cc1nc(Cl)nc2c(C(F)(F)F)cccc12. The van der Waals surface area contributed by atoms with E-state index in [9.17, 15) is 18.0 Å². The highest BCUT2D eigenvalue weighted by Crippen LogP contribution is 2.34. The first-order valence-electron chi connectivity index (χ1n) is 5.03. The summed E-state index contributed by atoms with van der Waals surface area (Å²) in [4.78, 5) is 17.9. The Hall–Kier alpha value is -1.89. The molecule has 0 fully saturated rings. The molecule has 8 heteroatoms. The number of alkyl halides is 3. The van der Waals surface area contributed by atoms with Crippen LogP contribution in [0, 0.1) is 0 Å². The van der Waals surface area contributed by atoms with Gasteiger partial charge in [0.25, 0.3) is 0 Å².